The van der Waals surface area contributed by atoms with E-state index < -0.39 is 27.9 Å². The molecule has 0 amide bonds. The summed E-state index contributed by atoms with van der Waals surface area (Å²) >= 11 is 3.10. The first-order valence-corrected chi connectivity index (χ1v) is 8.99. The third-order valence-corrected chi connectivity index (χ3v) is 5.79. The van der Waals surface area contributed by atoms with Gasteiger partial charge in [-0.15, -0.1) is 0 Å². The minimum absolute atomic E-state index is 0.247. The molecule has 0 bridgehead atoms. The van der Waals surface area contributed by atoms with E-state index in [-0.39, 0.29) is 11.4 Å². The molecule has 5 nitrogen and oxygen atoms in total. The van der Waals surface area contributed by atoms with Crippen molar-refractivity contribution in [3.63, 3.8) is 0 Å². The molecule has 0 radical (unpaired) electrons. The maximum atomic E-state index is 13.9. The summed E-state index contributed by atoms with van der Waals surface area (Å²) in [7, 11) is -2.89. The highest BCUT2D eigenvalue weighted by atomic mass is 79.9. The lowest BCUT2D eigenvalue weighted by atomic mass is 10.00. The maximum absolute atomic E-state index is 13.9. The highest BCUT2D eigenvalue weighted by Crippen LogP contribution is 2.25. The van der Waals surface area contributed by atoms with Crippen LogP contribution in [0.15, 0.2) is 21.1 Å². The Morgan fingerprint density at radius 2 is 2.24 bits per heavy atom. The van der Waals surface area contributed by atoms with E-state index in [1.165, 1.54) is 6.07 Å². The number of alkyl halides is 1. The molecule has 3 N–H and O–H groups in total. The Labute approximate surface area is 131 Å². The number of rotatable bonds is 4. The van der Waals surface area contributed by atoms with E-state index in [0.717, 1.165) is 18.9 Å². The van der Waals surface area contributed by atoms with Gasteiger partial charge in [0.2, 0.25) is 0 Å². The number of halogens is 3. The Balaban J connectivity index is 2.39. The van der Waals surface area contributed by atoms with Crippen LogP contribution in [0.3, 0.4) is 0 Å². The van der Waals surface area contributed by atoms with Gasteiger partial charge >= 0.3 is 0 Å². The highest BCUT2D eigenvalue weighted by molar-refractivity contribution is 9.10. The van der Waals surface area contributed by atoms with Crippen LogP contribution in [0, 0.1) is 5.82 Å². The fourth-order valence-corrected chi connectivity index (χ4v) is 4.50. The van der Waals surface area contributed by atoms with Crippen LogP contribution < -0.4 is 10.5 Å². The standard InChI is InChI=1S/C12H17BrF2N4OS/c13-10-4-3-9(15)11(19-10)12(16,7-14)8-21(20)17-5-1-2-6-18-21/h3-4H,1-2,5-8,16H2,(H,17,18,20). The summed E-state index contributed by atoms with van der Waals surface area (Å²) in [5.41, 5.74) is 3.95. The molecular weight excluding hydrogens is 366 g/mol. The Kier molecular flexibility index (Phi) is 5.29. The summed E-state index contributed by atoms with van der Waals surface area (Å²) < 4.78 is 47.4. The summed E-state index contributed by atoms with van der Waals surface area (Å²) in [4.78, 5) is 3.92. The van der Waals surface area contributed by atoms with Gasteiger partial charge in [0, 0.05) is 13.1 Å². The first kappa shape index (κ1) is 16.7. The zero-order valence-corrected chi connectivity index (χ0v) is 13.7. The van der Waals surface area contributed by atoms with Crippen molar-refractivity contribution < 1.29 is 13.0 Å². The predicted octanol–water partition coefficient (Wildman–Crippen LogP) is 1.87. The first-order chi connectivity index (χ1) is 9.88. The van der Waals surface area contributed by atoms with Crippen molar-refractivity contribution >= 4 is 25.8 Å². The van der Waals surface area contributed by atoms with Gasteiger partial charge in [-0.2, -0.15) is 0 Å². The van der Waals surface area contributed by atoms with Crippen LogP contribution in [0.2, 0.25) is 0 Å². The molecule has 1 aromatic rings. The molecular formula is C12H17BrF2N4OS. The molecule has 21 heavy (non-hydrogen) atoms. The number of pyridine rings is 1. The fraction of sp³-hybridized carbons (Fsp3) is 0.583. The van der Waals surface area contributed by atoms with E-state index in [4.69, 9.17) is 5.73 Å². The third kappa shape index (κ3) is 3.97. The van der Waals surface area contributed by atoms with Crippen molar-refractivity contribution in [1.29, 1.82) is 0 Å². The van der Waals surface area contributed by atoms with Gasteiger partial charge in [0.15, 0.2) is 0 Å². The molecule has 2 heterocycles. The van der Waals surface area contributed by atoms with Crippen LogP contribution in [0.1, 0.15) is 18.5 Å². The molecule has 0 spiro atoms. The lowest BCUT2D eigenvalue weighted by molar-refractivity contribution is 0.320. The van der Waals surface area contributed by atoms with Crippen molar-refractivity contribution in [1.82, 2.24) is 9.71 Å². The number of aromatic nitrogens is 1. The van der Waals surface area contributed by atoms with Crippen LogP contribution in [-0.2, 0) is 15.5 Å². The molecule has 1 unspecified atom stereocenters. The highest BCUT2D eigenvalue weighted by Gasteiger charge is 2.37. The molecule has 2 rings (SSSR count). The van der Waals surface area contributed by atoms with Gasteiger partial charge in [-0.05, 0) is 40.9 Å². The van der Waals surface area contributed by atoms with Gasteiger partial charge in [-0.3, -0.25) is 0 Å². The molecule has 0 aromatic carbocycles. The topological polar surface area (TPSA) is 80.4 Å². The lowest BCUT2D eigenvalue weighted by Gasteiger charge is -2.27. The van der Waals surface area contributed by atoms with Crippen LogP contribution in [-0.4, -0.2) is 34.7 Å². The Bertz CT molecular complexity index is 636. The summed E-state index contributed by atoms with van der Waals surface area (Å²) in [5, 5.41) is 0. The van der Waals surface area contributed by atoms with Crippen LogP contribution >= 0.6 is 15.9 Å². The Morgan fingerprint density at radius 3 is 2.95 bits per heavy atom. The average molecular weight is 383 g/mol. The fourth-order valence-electron chi connectivity index (χ4n) is 2.11. The lowest BCUT2D eigenvalue weighted by Crippen LogP contribution is -2.49. The van der Waals surface area contributed by atoms with Gasteiger partial charge in [-0.25, -0.2) is 27.1 Å². The van der Waals surface area contributed by atoms with Crippen LogP contribution in [0.25, 0.3) is 0 Å². The number of hydrogen-bond acceptors (Lipinski definition) is 4. The van der Waals surface area contributed by atoms with Crippen LogP contribution in [0.4, 0.5) is 8.78 Å². The molecule has 1 aliphatic rings. The zero-order valence-electron chi connectivity index (χ0n) is 11.3. The van der Waals surface area contributed by atoms with E-state index in [9.17, 15) is 13.0 Å². The minimum Gasteiger partial charge on any atom is -0.317 e. The van der Waals surface area contributed by atoms with Crippen molar-refractivity contribution in [2.45, 2.75) is 18.4 Å². The molecule has 9 heteroatoms. The normalized spacial score (nSPS) is 25.7. The van der Waals surface area contributed by atoms with Gasteiger partial charge in [0.1, 0.15) is 38.2 Å². The summed E-state index contributed by atoms with van der Waals surface area (Å²) in [6.07, 6.45) is 1.64. The van der Waals surface area contributed by atoms with E-state index in [1.54, 1.807) is 0 Å². The van der Waals surface area contributed by atoms with Crippen molar-refractivity contribution in [3.8, 4) is 0 Å². The van der Waals surface area contributed by atoms with Gasteiger partial charge in [0.25, 0.3) is 0 Å². The Morgan fingerprint density at radius 1 is 1.48 bits per heavy atom. The maximum Gasteiger partial charge on any atom is 0.146 e. The van der Waals surface area contributed by atoms with Crippen molar-refractivity contribution in [3.05, 3.63) is 28.2 Å². The molecule has 0 aliphatic carbocycles. The quantitative estimate of drug-likeness (QED) is 0.780. The SMILES string of the molecule is NC(CF)(C[S@@]1(=O)=NCCCCN1)c1nc(Br)ccc1F. The van der Waals surface area contributed by atoms with Crippen molar-refractivity contribution in [2.24, 2.45) is 10.1 Å². The van der Waals surface area contributed by atoms with E-state index in [2.05, 4.69) is 30.0 Å². The number of hydrogen-bond donors (Lipinski definition) is 2. The Hall–Kier alpha value is -0.640. The molecule has 0 saturated heterocycles. The molecule has 0 fully saturated rings. The monoisotopic (exact) mass is 382 g/mol. The second-order valence-corrected chi connectivity index (χ2v) is 7.92. The predicted molar refractivity (Wildman–Crippen MR) is 81.3 cm³/mol. The summed E-state index contributed by atoms with van der Waals surface area (Å²) in [6, 6.07) is 2.54. The summed E-state index contributed by atoms with van der Waals surface area (Å²) in [6.45, 7) is -0.150. The largest absolute Gasteiger partial charge is 0.317 e. The third-order valence-electron chi connectivity index (χ3n) is 3.19. The van der Waals surface area contributed by atoms with Crippen molar-refractivity contribution in [2.75, 3.05) is 25.5 Å². The second kappa shape index (κ2) is 6.64. The minimum atomic E-state index is -2.89. The first-order valence-electron chi connectivity index (χ1n) is 6.51. The smallest absolute Gasteiger partial charge is 0.146 e. The molecule has 2 atom stereocenters. The van der Waals surface area contributed by atoms with E-state index >= 15 is 0 Å². The van der Waals surface area contributed by atoms with Gasteiger partial charge in [-0.1, -0.05) is 0 Å². The second-order valence-electron chi connectivity index (χ2n) is 4.99. The molecule has 0 saturated carbocycles. The molecule has 118 valence electrons. The number of nitrogens with two attached hydrogens (primary N) is 1. The zero-order chi connectivity index (χ0) is 15.5. The van der Waals surface area contributed by atoms with E-state index in [0.29, 0.717) is 17.7 Å². The number of nitrogens with zero attached hydrogens (tertiary/aromatic N) is 2. The van der Waals surface area contributed by atoms with Gasteiger partial charge < -0.3 is 5.73 Å². The number of nitrogens with one attached hydrogen (secondary N) is 1. The summed E-state index contributed by atoms with van der Waals surface area (Å²) in [5.74, 6) is -1.05. The molecule has 1 aliphatic heterocycles. The van der Waals surface area contributed by atoms with E-state index in [1.807, 2.05) is 0 Å². The van der Waals surface area contributed by atoms with Crippen LogP contribution in [0.5, 0.6) is 0 Å². The average Bonchev–Trinajstić information content (AvgIpc) is 2.66. The van der Waals surface area contributed by atoms with Gasteiger partial charge in [0.05, 0.1) is 5.75 Å². The molecule has 1 aromatic heterocycles.